The number of hydrogen-bond donors (Lipinski definition) is 0. The van der Waals surface area contributed by atoms with Gasteiger partial charge in [-0.25, -0.2) is 14.6 Å². The average Bonchev–Trinajstić information content (AvgIpc) is 3.84. The van der Waals surface area contributed by atoms with Gasteiger partial charge in [-0.1, -0.05) is 25.4 Å². The molecule has 6 heterocycles. The molecule has 0 aromatic carbocycles. The van der Waals surface area contributed by atoms with Crippen LogP contribution < -0.4 is 0 Å². The van der Waals surface area contributed by atoms with Crippen LogP contribution in [0.4, 0.5) is 0 Å². The fourth-order valence-electron chi connectivity index (χ4n) is 9.22. The van der Waals surface area contributed by atoms with Gasteiger partial charge in [0.15, 0.2) is 28.7 Å². The van der Waals surface area contributed by atoms with Crippen LogP contribution in [0.1, 0.15) is 108 Å². The van der Waals surface area contributed by atoms with Crippen LogP contribution in [0.5, 0.6) is 0 Å². The summed E-state index contributed by atoms with van der Waals surface area (Å²) in [7, 11) is 0. The van der Waals surface area contributed by atoms with Gasteiger partial charge in [0, 0.05) is 17.5 Å². The zero-order valence-electron chi connectivity index (χ0n) is 26.0. The number of nitrogens with zero attached hydrogens (tertiary/aromatic N) is 6. The van der Waals surface area contributed by atoms with Crippen molar-refractivity contribution in [2.24, 2.45) is 0 Å². The maximum atomic E-state index is 6.41. The van der Waals surface area contributed by atoms with Gasteiger partial charge in [-0.2, -0.15) is 5.10 Å². The minimum absolute atomic E-state index is 0.173. The molecule has 2 atom stereocenters. The Labute approximate surface area is 253 Å². The summed E-state index contributed by atoms with van der Waals surface area (Å²) in [6.07, 6.45) is 14.2. The number of fused-ring (bicyclic) bond motifs is 5. The van der Waals surface area contributed by atoms with Gasteiger partial charge < -0.3 is 14.0 Å². The molecule has 5 aliphatic rings. The zero-order valence-corrected chi connectivity index (χ0v) is 26.8. The first-order chi connectivity index (χ1) is 20.5. The van der Waals surface area contributed by atoms with Crippen LogP contribution in [0.3, 0.4) is 0 Å². The molecular weight excluding hydrogens is 548 g/mol. The summed E-state index contributed by atoms with van der Waals surface area (Å²) < 4.78 is 21.3. The second-order valence-electron chi connectivity index (χ2n) is 12.7. The highest BCUT2D eigenvalue weighted by molar-refractivity contribution is 7.98. The van der Waals surface area contributed by atoms with Crippen molar-refractivity contribution < 1.29 is 14.0 Å². The van der Waals surface area contributed by atoms with E-state index in [1.54, 1.807) is 11.8 Å². The Balaban J connectivity index is 0.00000141. The molecule has 3 aromatic heterocycles. The molecule has 1 unspecified atom stereocenters. The van der Waals surface area contributed by atoms with Gasteiger partial charge in [-0.05, 0) is 91.0 Å². The summed E-state index contributed by atoms with van der Waals surface area (Å²) in [6.45, 7) is 12.1. The number of ether oxygens (including phenoxy) is 2. The molecule has 9 nitrogen and oxygen atoms in total. The molecular formula is C32H46N6O3S. The van der Waals surface area contributed by atoms with Gasteiger partial charge >= 0.3 is 0 Å². The van der Waals surface area contributed by atoms with Crippen molar-refractivity contribution in [1.29, 1.82) is 0 Å². The standard InChI is InChI=1S/C30H40N6O3S.C2H6/c1-19-22-26(36(33-19)20(2)29-12-7-15-35(29)16-8-13-29)31-25(32-27(22)40-3)23-21-9-6-11-28(24(21)39-34-23)10-4-5-14-30(28)37-17-18-38-30;1-2/h20H,4-18H2,1-3H3;1-2H3/t20?,28-;/m0./s1. The maximum absolute atomic E-state index is 6.41. The number of rotatable bonds is 4. The fourth-order valence-corrected chi connectivity index (χ4v) is 9.84. The largest absolute Gasteiger partial charge is 0.360 e. The van der Waals surface area contributed by atoms with Crippen molar-refractivity contribution in [2.45, 2.75) is 126 Å². The molecule has 0 bridgehead atoms. The molecule has 2 spiro atoms. The van der Waals surface area contributed by atoms with E-state index >= 15 is 0 Å². The third kappa shape index (κ3) is 3.93. The lowest BCUT2D eigenvalue weighted by molar-refractivity contribution is -0.235. The van der Waals surface area contributed by atoms with Crippen molar-refractivity contribution in [1.82, 2.24) is 29.8 Å². The van der Waals surface area contributed by atoms with Crippen LogP contribution in [-0.2, 0) is 21.3 Å². The number of aromatic nitrogens is 5. The summed E-state index contributed by atoms with van der Waals surface area (Å²) in [5.41, 5.74) is 3.73. The Hall–Kier alpha value is -2.01. The van der Waals surface area contributed by atoms with Gasteiger partial charge in [0.1, 0.15) is 5.03 Å². The Morgan fingerprint density at radius 2 is 1.62 bits per heavy atom. The topological polar surface area (TPSA) is 91.3 Å². The van der Waals surface area contributed by atoms with Crippen molar-refractivity contribution in [3.8, 4) is 11.5 Å². The minimum Gasteiger partial charge on any atom is -0.360 e. The first-order valence-corrected chi connectivity index (χ1v) is 17.6. The predicted octanol–water partition coefficient (Wildman–Crippen LogP) is 6.62. The van der Waals surface area contributed by atoms with E-state index in [4.69, 9.17) is 34.2 Å². The Morgan fingerprint density at radius 1 is 0.905 bits per heavy atom. The molecule has 4 fully saturated rings. The van der Waals surface area contributed by atoms with Crippen LogP contribution >= 0.6 is 11.8 Å². The second kappa shape index (κ2) is 10.9. The van der Waals surface area contributed by atoms with Gasteiger partial charge in [-0.15, -0.1) is 11.8 Å². The molecule has 0 N–H and O–H groups in total. The number of thioether (sulfide) groups is 1. The summed E-state index contributed by atoms with van der Waals surface area (Å²) in [5, 5.41) is 11.9. The summed E-state index contributed by atoms with van der Waals surface area (Å²) >= 11 is 1.66. The third-order valence-corrected chi connectivity index (χ3v) is 11.7. The molecule has 1 saturated carbocycles. The first-order valence-electron chi connectivity index (χ1n) is 16.4. The average molecular weight is 595 g/mol. The van der Waals surface area contributed by atoms with Gasteiger partial charge in [-0.3, -0.25) is 4.90 Å². The quantitative estimate of drug-likeness (QED) is 0.244. The van der Waals surface area contributed by atoms with E-state index in [9.17, 15) is 0 Å². The van der Waals surface area contributed by atoms with Crippen molar-refractivity contribution in [3.63, 3.8) is 0 Å². The summed E-state index contributed by atoms with van der Waals surface area (Å²) in [6, 6.07) is 0.236. The van der Waals surface area contributed by atoms with Crippen LogP contribution in [0.25, 0.3) is 22.6 Å². The van der Waals surface area contributed by atoms with E-state index in [2.05, 4.69) is 29.7 Å². The lowest BCUT2D eigenvalue weighted by Crippen LogP contribution is -2.56. The van der Waals surface area contributed by atoms with E-state index in [0.717, 1.165) is 83.7 Å². The van der Waals surface area contributed by atoms with Crippen molar-refractivity contribution in [2.75, 3.05) is 32.6 Å². The number of aryl methyl sites for hydroxylation is 1. The van der Waals surface area contributed by atoms with Gasteiger partial charge in [0.05, 0.1) is 35.8 Å². The molecule has 3 aromatic rings. The van der Waals surface area contributed by atoms with E-state index in [-0.39, 0.29) is 17.0 Å². The predicted molar refractivity (Wildman–Crippen MR) is 164 cm³/mol. The second-order valence-corrected chi connectivity index (χ2v) is 13.5. The first kappa shape index (κ1) is 28.7. The highest BCUT2D eigenvalue weighted by atomic mass is 32.2. The highest BCUT2D eigenvalue weighted by Gasteiger charge is 2.61. The van der Waals surface area contributed by atoms with Crippen LogP contribution in [0, 0.1) is 6.92 Å². The van der Waals surface area contributed by atoms with E-state index in [0.29, 0.717) is 19.0 Å². The van der Waals surface area contributed by atoms with Crippen LogP contribution in [0.15, 0.2) is 9.55 Å². The summed E-state index contributed by atoms with van der Waals surface area (Å²) in [5.74, 6) is 1.01. The molecule has 8 rings (SSSR count). The fraction of sp³-hybridized carbons (Fsp3) is 0.750. The summed E-state index contributed by atoms with van der Waals surface area (Å²) in [4.78, 5) is 13.1. The third-order valence-electron chi connectivity index (χ3n) is 11.0. The number of hydrogen-bond acceptors (Lipinski definition) is 9. The van der Waals surface area contributed by atoms with Gasteiger partial charge in [0.25, 0.3) is 0 Å². The Kier molecular flexibility index (Phi) is 7.43. The SMILES string of the molecule is CC.CSc1nc(-c2noc3c2CCC[C@@]32CCCCC23OCCO3)nc2c1c(C)nn2C(C)C12CCCN1CCC2. The molecule has 228 valence electrons. The zero-order chi connectivity index (χ0) is 29.1. The maximum Gasteiger partial charge on any atom is 0.185 e. The molecule has 0 amide bonds. The van der Waals surface area contributed by atoms with Gasteiger partial charge in [0.2, 0.25) is 0 Å². The lowest BCUT2D eigenvalue weighted by Gasteiger charge is -2.50. The minimum atomic E-state index is -0.592. The Morgan fingerprint density at radius 3 is 2.36 bits per heavy atom. The monoisotopic (exact) mass is 594 g/mol. The van der Waals surface area contributed by atoms with E-state index < -0.39 is 5.79 Å². The van der Waals surface area contributed by atoms with Crippen molar-refractivity contribution in [3.05, 3.63) is 17.0 Å². The molecule has 3 aliphatic heterocycles. The molecule has 2 aliphatic carbocycles. The highest BCUT2D eigenvalue weighted by Crippen LogP contribution is 2.57. The molecule has 10 heteroatoms. The molecule has 3 saturated heterocycles. The van der Waals surface area contributed by atoms with Crippen LogP contribution in [-0.4, -0.2) is 73.7 Å². The molecule has 42 heavy (non-hydrogen) atoms. The normalized spacial score (nSPS) is 26.9. The van der Waals surface area contributed by atoms with E-state index in [1.807, 2.05) is 13.8 Å². The lowest BCUT2D eigenvalue weighted by atomic mass is 9.61. The molecule has 0 radical (unpaired) electrons. The van der Waals surface area contributed by atoms with E-state index in [1.165, 1.54) is 38.8 Å². The van der Waals surface area contributed by atoms with Crippen molar-refractivity contribution >= 4 is 22.8 Å². The van der Waals surface area contributed by atoms with Crippen LogP contribution in [0.2, 0.25) is 0 Å². The smallest absolute Gasteiger partial charge is 0.185 e. The Bertz CT molecular complexity index is 1450.